The van der Waals surface area contributed by atoms with Gasteiger partial charge in [-0.1, -0.05) is 72.4 Å². The summed E-state index contributed by atoms with van der Waals surface area (Å²) in [5.41, 5.74) is 8.61. The van der Waals surface area contributed by atoms with Crippen molar-refractivity contribution in [2.75, 3.05) is 0 Å². The number of fused-ring (bicyclic) bond motifs is 1. The second-order valence-electron chi connectivity index (χ2n) is 8.87. The largest absolute Gasteiger partial charge is 0.348 e. The smallest absolute Gasteiger partial charge is 0.251 e. The first-order valence-electron chi connectivity index (χ1n) is 12.0. The average Bonchev–Trinajstić information content (AvgIpc) is 3.25. The highest BCUT2D eigenvalue weighted by molar-refractivity contribution is 7.98. The molecule has 2 heterocycles. The van der Waals surface area contributed by atoms with E-state index >= 15 is 0 Å². The van der Waals surface area contributed by atoms with Gasteiger partial charge in [-0.15, -0.1) is 0 Å². The van der Waals surface area contributed by atoms with Crippen molar-refractivity contribution in [2.45, 2.75) is 37.8 Å². The summed E-state index contributed by atoms with van der Waals surface area (Å²) in [7, 11) is 0. The summed E-state index contributed by atoms with van der Waals surface area (Å²) in [6.45, 7) is 5.46. The third-order valence-corrected chi connectivity index (χ3v) is 7.44. The average molecular weight is 493 g/mol. The van der Waals surface area contributed by atoms with Crippen LogP contribution in [-0.4, -0.2) is 20.4 Å². The fraction of sp³-hybridized carbons (Fsp3) is 0.167. The van der Waals surface area contributed by atoms with Crippen LogP contribution < -0.4 is 5.32 Å². The Morgan fingerprint density at radius 2 is 1.58 bits per heavy atom. The number of aromatic nitrogens is 3. The lowest BCUT2D eigenvalue weighted by atomic mass is 10.1. The van der Waals surface area contributed by atoms with Crippen molar-refractivity contribution in [3.05, 3.63) is 125 Å². The third kappa shape index (κ3) is 5.34. The molecule has 5 nitrogen and oxygen atoms in total. The summed E-state index contributed by atoms with van der Waals surface area (Å²) >= 11 is 1.70. The molecule has 0 atom stereocenters. The van der Waals surface area contributed by atoms with E-state index in [1.54, 1.807) is 18.0 Å². The Morgan fingerprint density at radius 1 is 0.889 bits per heavy atom. The number of carbonyl (C=O) groups is 1. The number of nitrogens with one attached hydrogen (secondary N) is 1. The highest BCUT2D eigenvalue weighted by Crippen LogP contribution is 2.28. The Bertz CT molecular complexity index is 1510. The minimum atomic E-state index is -0.0648. The number of aryl methyl sites for hydroxylation is 2. The molecule has 0 saturated carbocycles. The number of imidazole rings is 1. The van der Waals surface area contributed by atoms with Crippen LogP contribution in [0.15, 0.2) is 96.4 Å². The first-order chi connectivity index (χ1) is 17.6. The maximum Gasteiger partial charge on any atom is 0.251 e. The number of amides is 1. The Labute approximate surface area is 215 Å². The van der Waals surface area contributed by atoms with Gasteiger partial charge >= 0.3 is 0 Å². The van der Waals surface area contributed by atoms with Gasteiger partial charge in [-0.05, 0) is 59.9 Å². The minimum absolute atomic E-state index is 0.0648. The molecule has 0 fully saturated rings. The third-order valence-electron chi connectivity index (χ3n) is 6.39. The number of thioether (sulfide) groups is 1. The molecule has 3 aromatic carbocycles. The van der Waals surface area contributed by atoms with Crippen molar-refractivity contribution in [1.29, 1.82) is 0 Å². The van der Waals surface area contributed by atoms with Gasteiger partial charge in [0.25, 0.3) is 5.91 Å². The number of benzene rings is 3. The SMILES string of the molecule is Cc1ccccc1CNC(=O)c1ccc(CSc2nc3ccncc3n2Cc2ccccc2C)cc1. The van der Waals surface area contributed by atoms with E-state index in [9.17, 15) is 4.79 Å². The van der Waals surface area contributed by atoms with Crippen molar-refractivity contribution in [3.8, 4) is 0 Å². The number of rotatable bonds is 8. The number of hydrogen-bond donors (Lipinski definition) is 1. The topological polar surface area (TPSA) is 59.8 Å². The van der Waals surface area contributed by atoms with Crippen LogP contribution >= 0.6 is 11.8 Å². The molecule has 0 spiro atoms. The van der Waals surface area contributed by atoms with Crippen LogP contribution in [0.2, 0.25) is 0 Å². The van der Waals surface area contributed by atoms with Crippen LogP contribution in [0.3, 0.4) is 0 Å². The number of nitrogens with zero attached hydrogens (tertiary/aromatic N) is 3. The highest BCUT2D eigenvalue weighted by atomic mass is 32.2. The van der Waals surface area contributed by atoms with E-state index in [4.69, 9.17) is 4.98 Å². The van der Waals surface area contributed by atoms with Gasteiger partial charge in [0.1, 0.15) is 0 Å². The maximum atomic E-state index is 12.6. The summed E-state index contributed by atoms with van der Waals surface area (Å²) in [4.78, 5) is 21.8. The van der Waals surface area contributed by atoms with Gasteiger partial charge < -0.3 is 9.88 Å². The molecule has 2 aromatic heterocycles. The number of hydrogen-bond acceptors (Lipinski definition) is 4. The van der Waals surface area contributed by atoms with E-state index in [-0.39, 0.29) is 5.91 Å². The molecule has 0 aliphatic carbocycles. The molecule has 0 saturated heterocycles. The monoisotopic (exact) mass is 492 g/mol. The summed E-state index contributed by atoms with van der Waals surface area (Å²) in [6.07, 6.45) is 3.67. The zero-order valence-electron chi connectivity index (χ0n) is 20.4. The summed E-state index contributed by atoms with van der Waals surface area (Å²) in [6, 6.07) is 26.3. The first-order valence-corrected chi connectivity index (χ1v) is 13.0. The van der Waals surface area contributed by atoms with E-state index in [1.165, 1.54) is 16.7 Å². The van der Waals surface area contributed by atoms with Gasteiger partial charge in [0.2, 0.25) is 0 Å². The molecule has 0 bridgehead atoms. The van der Waals surface area contributed by atoms with Gasteiger partial charge in [0.05, 0.1) is 23.8 Å². The molecule has 36 heavy (non-hydrogen) atoms. The van der Waals surface area contributed by atoms with Crippen LogP contribution in [-0.2, 0) is 18.8 Å². The molecule has 5 rings (SSSR count). The van der Waals surface area contributed by atoms with Crippen LogP contribution in [0.4, 0.5) is 0 Å². The fourth-order valence-electron chi connectivity index (χ4n) is 4.15. The maximum absolute atomic E-state index is 12.6. The predicted molar refractivity (Wildman–Crippen MR) is 146 cm³/mol. The summed E-state index contributed by atoms with van der Waals surface area (Å²) < 4.78 is 2.24. The van der Waals surface area contributed by atoms with Gasteiger partial charge in [-0.2, -0.15) is 0 Å². The van der Waals surface area contributed by atoms with Crippen molar-refractivity contribution in [3.63, 3.8) is 0 Å². The molecule has 1 N–H and O–H groups in total. The van der Waals surface area contributed by atoms with Gasteiger partial charge in [0, 0.05) is 24.1 Å². The molecular formula is C30H28N4OS. The lowest BCUT2D eigenvalue weighted by molar-refractivity contribution is 0.0951. The standard InChI is InChI=1S/C30H28N4OS/c1-21-7-3-5-9-25(21)17-32-29(35)24-13-11-23(12-14-24)20-36-30-33-27-15-16-31-18-28(27)34(30)19-26-10-6-4-8-22(26)2/h3-16,18H,17,19-20H2,1-2H3,(H,32,35). The quantitative estimate of drug-likeness (QED) is 0.258. The van der Waals surface area contributed by atoms with Crippen LogP contribution in [0.5, 0.6) is 0 Å². The highest BCUT2D eigenvalue weighted by Gasteiger charge is 2.13. The second-order valence-corrected chi connectivity index (χ2v) is 9.81. The summed E-state index contributed by atoms with van der Waals surface area (Å²) in [5.74, 6) is 0.695. The molecule has 0 aliphatic rings. The summed E-state index contributed by atoms with van der Waals surface area (Å²) in [5, 5.41) is 3.98. The molecule has 0 radical (unpaired) electrons. The first kappa shape index (κ1) is 23.8. The van der Waals surface area contributed by atoms with Crippen LogP contribution in [0.25, 0.3) is 11.0 Å². The lowest BCUT2D eigenvalue weighted by Crippen LogP contribution is -2.23. The van der Waals surface area contributed by atoms with E-state index in [0.717, 1.165) is 39.6 Å². The molecule has 0 aliphatic heterocycles. The predicted octanol–water partition coefficient (Wildman–Crippen LogP) is 6.32. The zero-order valence-corrected chi connectivity index (χ0v) is 21.3. The van der Waals surface area contributed by atoms with Crippen molar-refractivity contribution in [1.82, 2.24) is 19.9 Å². The van der Waals surface area contributed by atoms with E-state index < -0.39 is 0 Å². The fourth-order valence-corrected chi connectivity index (χ4v) is 5.12. The number of carbonyl (C=O) groups excluding carboxylic acids is 1. The Balaban J connectivity index is 1.27. The van der Waals surface area contributed by atoms with Gasteiger partial charge in [-0.3, -0.25) is 9.78 Å². The molecule has 5 aromatic rings. The molecule has 1 amide bonds. The lowest BCUT2D eigenvalue weighted by Gasteiger charge is -2.11. The Kier molecular flexibility index (Phi) is 7.14. The molecule has 6 heteroatoms. The normalized spacial score (nSPS) is 11.1. The van der Waals surface area contributed by atoms with Crippen LogP contribution in [0, 0.1) is 13.8 Å². The van der Waals surface area contributed by atoms with Gasteiger partial charge in [0.15, 0.2) is 5.16 Å². The molecule has 180 valence electrons. The minimum Gasteiger partial charge on any atom is -0.348 e. The van der Waals surface area contributed by atoms with E-state index in [0.29, 0.717) is 12.1 Å². The zero-order chi connectivity index (χ0) is 24.9. The second kappa shape index (κ2) is 10.8. The number of pyridine rings is 1. The van der Waals surface area contributed by atoms with Crippen molar-refractivity contribution in [2.24, 2.45) is 0 Å². The van der Waals surface area contributed by atoms with Crippen molar-refractivity contribution < 1.29 is 4.79 Å². The van der Waals surface area contributed by atoms with Crippen molar-refractivity contribution >= 4 is 28.7 Å². The Morgan fingerprint density at radius 3 is 2.31 bits per heavy atom. The molecular weight excluding hydrogens is 464 g/mol. The van der Waals surface area contributed by atoms with Gasteiger partial charge in [-0.25, -0.2) is 4.98 Å². The van der Waals surface area contributed by atoms with E-state index in [2.05, 4.69) is 59.0 Å². The Hall–Kier alpha value is -3.90. The van der Waals surface area contributed by atoms with Crippen LogP contribution in [0.1, 0.15) is 38.2 Å². The van der Waals surface area contributed by atoms with E-state index in [1.807, 2.05) is 54.7 Å². The molecule has 0 unspecified atom stereocenters.